The lowest BCUT2D eigenvalue weighted by Crippen LogP contribution is -2.47. The van der Waals surface area contributed by atoms with Crippen LogP contribution in [0.3, 0.4) is 0 Å². The van der Waals surface area contributed by atoms with Crippen molar-refractivity contribution in [2.24, 2.45) is 11.8 Å². The number of rotatable bonds is 9. The lowest BCUT2D eigenvalue weighted by atomic mass is 9.72. The van der Waals surface area contributed by atoms with E-state index in [1.165, 1.54) is 24.1 Å². The van der Waals surface area contributed by atoms with Crippen molar-refractivity contribution in [3.63, 3.8) is 0 Å². The predicted octanol–water partition coefficient (Wildman–Crippen LogP) is 5.21. The standard InChI is InChI=1S/C34H44N2O7/c1-7-21-19-35-10-8-22-15-29(40-3)31(42-5)17-25(22)27(35)13-24(21)14-28-26-18-32(43-6)30(41-4)16-23(26)9-11-36(28)33(37)12-20(2)34(38)39/h12,15-18,21,24,27-28H,7-11,13-14,19H2,1-6H3,(H,38,39)/b20-12+. The first kappa shape index (κ1) is 30.7. The number of nitrogens with zero attached hydrogens (tertiary/aromatic N) is 2. The van der Waals surface area contributed by atoms with Gasteiger partial charge in [-0.2, -0.15) is 0 Å². The van der Waals surface area contributed by atoms with Crippen LogP contribution in [0.15, 0.2) is 35.9 Å². The molecule has 0 radical (unpaired) electrons. The van der Waals surface area contributed by atoms with Gasteiger partial charge in [-0.25, -0.2) is 4.79 Å². The van der Waals surface area contributed by atoms with Crippen molar-refractivity contribution < 1.29 is 33.6 Å². The van der Waals surface area contributed by atoms with E-state index in [1.54, 1.807) is 28.4 Å². The van der Waals surface area contributed by atoms with Crippen LogP contribution in [0.5, 0.6) is 23.0 Å². The highest BCUT2D eigenvalue weighted by molar-refractivity contribution is 5.97. The largest absolute Gasteiger partial charge is 0.493 e. The Balaban J connectivity index is 1.53. The van der Waals surface area contributed by atoms with E-state index in [2.05, 4.69) is 24.0 Å². The van der Waals surface area contributed by atoms with Crippen molar-refractivity contribution in [3.05, 3.63) is 58.2 Å². The SMILES string of the molecule is CCC1CN2CCc3cc(OC)c(OC)cc3C2CC1CC1c2cc(OC)c(OC)cc2CCN1C(=O)/C=C(\C)C(=O)O. The molecule has 3 aliphatic heterocycles. The summed E-state index contributed by atoms with van der Waals surface area (Å²) in [5.74, 6) is 2.26. The summed E-state index contributed by atoms with van der Waals surface area (Å²) in [7, 11) is 6.61. The summed E-state index contributed by atoms with van der Waals surface area (Å²) in [6.07, 6.45) is 5.68. The molecule has 2 aromatic rings. The van der Waals surface area contributed by atoms with Crippen LogP contribution in [-0.4, -0.2) is 74.9 Å². The van der Waals surface area contributed by atoms with Crippen molar-refractivity contribution in [2.75, 3.05) is 48.1 Å². The van der Waals surface area contributed by atoms with Crippen LogP contribution in [0.25, 0.3) is 0 Å². The number of carbonyl (C=O) groups excluding carboxylic acids is 1. The van der Waals surface area contributed by atoms with Gasteiger partial charge >= 0.3 is 5.97 Å². The fraction of sp³-hybridized carbons (Fsp3) is 0.529. The molecule has 0 bridgehead atoms. The molecule has 0 aromatic heterocycles. The molecule has 0 spiro atoms. The smallest absolute Gasteiger partial charge is 0.331 e. The Morgan fingerprint density at radius 3 is 2.00 bits per heavy atom. The second-order valence-corrected chi connectivity index (χ2v) is 11.9. The van der Waals surface area contributed by atoms with E-state index < -0.39 is 5.97 Å². The third-order valence-electron chi connectivity index (χ3n) is 9.79. The summed E-state index contributed by atoms with van der Waals surface area (Å²) >= 11 is 0. The van der Waals surface area contributed by atoms with E-state index >= 15 is 0 Å². The number of piperidine rings is 1. The molecule has 9 nitrogen and oxygen atoms in total. The molecule has 0 aliphatic carbocycles. The molecule has 0 saturated carbocycles. The van der Waals surface area contributed by atoms with Gasteiger partial charge in [0.2, 0.25) is 5.91 Å². The molecule has 3 aliphatic rings. The molecule has 2 aromatic carbocycles. The molecule has 5 rings (SSSR count). The Morgan fingerprint density at radius 1 is 0.860 bits per heavy atom. The minimum absolute atomic E-state index is 0.0322. The Morgan fingerprint density at radius 2 is 1.42 bits per heavy atom. The molecular formula is C34H44N2O7. The summed E-state index contributed by atoms with van der Waals surface area (Å²) in [6, 6.07) is 8.35. The van der Waals surface area contributed by atoms with Gasteiger partial charge in [0, 0.05) is 37.3 Å². The molecular weight excluding hydrogens is 548 g/mol. The molecule has 43 heavy (non-hydrogen) atoms. The lowest BCUT2D eigenvalue weighted by molar-refractivity contribution is -0.134. The number of amides is 1. The average molecular weight is 593 g/mol. The summed E-state index contributed by atoms with van der Waals surface area (Å²) in [6.45, 7) is 6.23. The molecule has 4 atom stereocenters. The third-order valence-corrected chi connectivity index (χ3v) is 9.79. The second kappa shape index (κ2) is 12.9. The zero-order valence-corrected chi connectivity index (χ0v) is 26.1. The number of benzene rings is 2. The maximum Gasteiger partial charge on any atom is 0.331 e. The molecule has 232 valence electrons. The number of carbonyl (C=O) groups is 2. The van der Waals surface area contributed by atoms with Gasteiger partial charge in [-0.15, -0.1) is 0 Å². The number of hydrogen-bond donors (Lipinski definition) is 1. The topological polar surface area (TPSA) is 97.8 Å². The number of carboxylic acid groups (broad SMARTS) is 1. The predicted molar refractivity (Wildman–Crippen MR) is 163 cm³/mol. The number of carboxylic acids is 1. The highest BCUT2D eigenvalue weighted by Crippen LogP contribution is 2.49. The number of methoxy groups -OCH3 is 4. The summed E-state index contributed by atoms with van der Waals surface area (Å²) in [5, 5.41) is 9.48. The summed E-state index contributed by atoms with van der Waals surface area (Å²) in [5.41, 5.74) is 4.82. The first-order valence-corrected chi connectivity index (χ1v) is 15.2. The maximum atomic E-state index is 13.6. The van der Waals surface area contributed by atoms with Crippen molar-refractivity contribution in [1.29, 1.82) is 0 Å². The van der Waals surface area contributed by atoms with Gasteiger partial charge in [0.1, 0.15) is 0 Å². The molecule has 4 unspecified atom stereocenters. The van der Waals surface area contributed by atoms with E-state index in [9.17, 15) is 14.7 Å². The van der Waals surface area contributed by atoms with Crippen LogP contribution in [0, 0.1) is 11.8 Å². The lowest BCUT2D eigenvalue weighted by Gasteiger charge is -2.49. The highest BCUT2D eigenvalue weighted by atomic mass is 16.5. The Hall–Kier alpha value is -3.72. The zero-order chi connectivity index (χ0) is 30.8. The fourth-order valence-corrected chi connectivity index (χ4v) is 7.42. The van der Waals surface area contributed by atoms with Crippen molar-refractivity contribution in [3.8, 4) is 23.0 Å². The normalized spacial score (nSPS) is 23.5. The van der Waals surface area contributed by atoms with E-state index in [1.807, 2.05) is 17.0 Å². The van der Waals surface area contributed by atoms with Gasteiger partial charge in [-0.05, 0) is 91.0 Å². The quantitative estimate of drug-likeness (QED) is 0.396. The van der Waals surface area contributed by atoms with Crippen molar-refractivity contribution in [1.82, 2.24) is 9.80 Å². The summed E-state index contributed by atoms with van der Waals surface area (Å²) < 4.78 is 22.6. The Bertz CT molecular complexity index is 1400. The molecule has 1 fully saturated rings. The van der Waals surface area contributed by atoms with Crippen LogP contribution in [-0.2, 0) is 22.4 Å². The fourth-order valence-electron chi connectivity index (χ4n) is 7.42. The molecule has 1 amide bonds. The zero-order valence-electron chi connectivity index (χ0n) is 26.1. The Kier molecular flexibility index (Phi) is 9.20. The summed E-state index contributed by atoms with van der Waals surface area (Å²) in [4.78, 5) is 29.7. The number of ether oxygens (including phenoxy) is 4. The van der Waals surface area contributed by atoms with E-state index in [4.69, 9.17) is 18.9 Å². The maximum absolute atomic E-state index is 13.6. The van der Waals surface area contributed by atoms with E-state index in [0.717, 1.165) is 61.4 Å². The second-order valence-electron chi connectivity index (χ2n) is 11.9. The van der Waals surface area contributed by atoms with Crippen molar-refractivity contribution >= 4 is 11.9 Å². The first-order valence-electron chi connectivity index (χ1n) is 15.2. The number of aliphatic carboxylic acids is 1. The first-order chi connectivity index (χ1) is 20.7. The monoisotopic (exact) mass is 592 g/mol. The average Bonchev–Trinajstić information content (AvgIpc) is 3.02. The van der Waals surface area contributed by atoms with E-state index in [0.29, 0.717) is 36.3 Å². The molecule has 1 N–H and O–H groups in total. The van der Waals surface area contributed by atoms with Gasteiger partial charge in [0.15, 0.2) is 23.0 Å². The van der Waals surface area contributed by atoms with Gasteiger partial charge in [0.25, 0.3) is 0 Å². The number of fused-ring (bicyclic) bond motifs is 4. The van der Waals surface area contributed by atoms with E-state index in [-0.39, 0.29) is 23.6 Å². The van der Waals surface area contributed by atoms with Gasteiger partial charge in [-0.3, -0.25) is 9.69 Å². The highest BCUT2D eigenvalue weighted by Gasteiger charge is 2.42. The van der Waals surface area contributed by atoms with Crippen molar-refractivity contribution in [2.45, 2.75) is 58.0 Å². The van der Waals surface area contributed by atoms with Crippen LogP contribution in [0.2, 0.25) is 0 Å². The minimum Gasteiger partial charge on any atom is -0.493 e. The minimum atomic E-state index is -1.09. The Labute approximate surface area is 254 Å². The molecule has 3 heterocycles. The van der Waals surface area contributed by atoms with Crippen LogP contribution in [0.1, 0.15) is 67.4 Å². The third kappa shape index (κ3) is 5.92. The van der Waals surface area contributed by atoms with Crippen LogP contribution in [0.4, 0.5) is 0 Å². The van der Waals surface area contributed by atoms with Crippen LogP contribution >= 0.6 is 0 Å². The van der Waals surface area contributed by atoms with Crippen LogP contribution < -0.4 is 18.9 Å². The number of hydrogen-bond acceptors (Lipinski definition) is 7. The van der Waals surface area contributed by atoms with Gasteiger partial charge in [-0.1, -0.05) is 13.3 Å². The molecule has 1 saturated heterocycles. The van der Waals surface area contributed by atoms with Gasteiger partial charge < -0.3 is 29.0 Å². The van der Waals surface area contributed by atoms with Gasteiger partial charge in [0.05, 0.1) is 34.5 Å². The molecule has 9 heteroatoms.